The van der Waals surface area contributed by atoms with Crippen LogP contribution in [0, 0.1) is 0 Å². The first kappa shape index (κ1) is 42.3. The Kier molecular flexibility index (Phi) is 8.89. The number of fused-ring (bicyclic) bond motifs is 10. The summed E-state index contributed by atoms with van der Waals surface area (Å²) >= 11 is 0. The zero-order chi connectivity index (χ0) is 49.5. The molecule has 8 heteroatoms. The minimum Gasteiger partial charge on any atom is -0.308 e. The molecular weight excluding hydrogens is 905 g/mol. The second-order valence-corrected chi connectivity index (χ2v) is 20.6. The Morgan fingerprint density at radius 1 is 0.284 bits per heavy atom. The molecule has 0 radical (unpaired) electrons. The minimum atomic E-state index is -0.661. The van der Waals surface area contributed by atoms with Crippen LogP contribution >= 0.6 is 0 Å². The molecule has 0 fully saturated rings. The van der Waals surface area contributed by atoms with E-state index in [0.29, 0.717) is 34.9 Å². The average Bonchev–Trinajstić information content (AvgIpc) is 4.01. The number of nitrogens with zero attached hydrogens (tertiary/aromatic N) is 8. The molecule has 0 N–H and O–H groups in total. The van der Waals surface area contributed by atoms with Gasteiger partial charge in [-0.3, -0.25) is 0 Å². The third-order valence-corrected chi connectivity index (χ3v) is 15.7. The molecule has 0 atom stereocenters. The quantitative estimate of drug-likeness (QED) is 0.165. The van der Waals surface area contributed by atoms with Crippen LogP contribution in [-0.2, 0) is 10.8 Å². The van der Waals surface area contributed by atoms with Crippen molar-refractivity contribution >= 4 is 43.6 Å². The Morgan fingerprint density at radius 3 is 0.905 bits per heavy atom. The lowest BCUT2D eigenvalue weighted by molar-refractivity contribution is 0.612. The van der Waals surface area contributed by atoms with Gasteiger partial charge in [0.15, 0.2) is 34.9 Å². The molecule has 74 heavy (non-hydrogen) atoms. The summed E-state index contributed by atoms with van der Waals surface area (Å²) in [5.41, 5.74) is 15.2. The van der Waals surface area contributed by atoms with E-state index in [0.717, 1.165) is 77.9 Å². The third-order valence-electron chi connectivity index (χ3n) is 15.7. The number of benzene rings is 9. The van der Waals surface area contributed by atoms with Crippen molar-refractivity contribution in [3.8, 4) is 79.7 Å². The van der Waals surface area contributed by atoms with Crippen LogP contribution in [0.2, 0.25) is 0 Å². The highest BCUT2D eigenvalue weighted by molar-refractivity contribution is 6.16. The van der Waals surface area contributed by atoms with Crippen molar-refractivity contribution in [1.82, 2.24) is 39.0 Å². The molecule has 2 aliphatic heterocycles. The molecule has 0 bridgehead atoms. The molecule has 350 valence electrons. The van der Waals surface area contributed by atoms with Crippen molar-refractivity contribution < 1.29 is 0 Å². The van der Waals surface area contributed by atoms with E-state index in [-0.39, 0.29) is 0 Å². The molecule has 0 saturated heterocycles. The number of aromatic nitrogens is 8. The van der Waals surface area contributed by atoms with Gasteiger partial charge in [0.1, 0.15) is 0 Å². The van der Waals surface area contributed by atoms with Crippen LogP contribution in [0.3, 0.4) is 0 Å². The van der Waals surface area contributed by atoms with Crippen molar-refractivity contribution in [1.29, 1.82) is 0 Å². The molecular formula is C66H46N8. The van der Waals surface area contributed by atoms with Crippen molar-refractivity contribution in [3.63, 3.8) is 0 Å². The molecule has 15 rings (SSSR count). The van der Waals surface area contributed by atoms with E-state index in [1.54, 1.807) is 0 Å². The van der Waals surface area contributed by atoms with Gasteiger partial charge in [-0.15, -0.1) is 0 Å². The molecule has 9 aromatic carbocycles. The zero-order valence-electron chi connectivity index (χ0n) is 41.2. The minimum absolute atomic E-state index is 0.587. The van der Waals surface area contributed by atoms with Gasteiger partial charge in [0.25, 0.3) is 0 Å². The Morgan fingerprint density at radius 2 is 0.568 bits per heavy atom. The number of para-hydroxylation sites is 4. The molecule has 2 aliphatic rings. The standard InChI is InChI=1S/C66H46N8/c1-65(2)47-35-21-33-45-43-31-17-19-37-49(43)73(55(45)47)57-52(64-71-61(41-27-13-7-14-28-41)68-62(72-64)42-29-15-8-16-30-42)54-58(74-50-38-20-18-32-44(50)46-34-22-36-48(56(46)74)66(54,3)4)51(53(57)65)63-69-59(39-23-9-5-10-24-39)67-60(70-63)40-25-11-6-12-26-40/h5-38H,1-4H3. The maximum atomic E-state index is 5.69. The van der Waals surface area contributed by atoms with Crippen molar-refractivity contribution in [2.45, 2.75) is 38.5 Å². The maximum Gasteiger partial charge on any atom is 0.166 e. The molecule has 0 spiro atoms. The van der Waals surface area contributed by atoms with Crippen LogP contribution in [0.25, 0.3) is 123 Å². The van der Waals surface area contributed by atoms with E-state index >= 15 is 0 Å². The first-order valence-corrected chi connectivity index (χ1v) is 25.3. The Balaban J connectivity index is 1.23. The molecule has 0 aliphatic carbocycles. The molecule has 0 unspecified atom stereocenters. The van der Waals surface area contributed by atoms with E-state index in [2.05, 4.69) is 170 Å². The van der Waals surface area contributed by atoms with Gasteiger partial charge in [-0.25, -0.2) is 29.9 Å². The van der Waals surface area contributed by atoms with Crippen LogP contribution in [0.4, 0.5) is 0 Å². The zero-order valence-corrected chi connectivity index (χ0v) is 41.2. The van der Waals surface area contributed by atoms with E-state index in [4.69, 9.17) is 29.9 Å². The van der Waals surface area contributed by atoms with E-state index in [1.165, 1.54) is 32.7 Å². The summed E-state index contributed by atoms with van der Waals surface area (Å²) in [7, 11) is 0. The lowest BCUT2D eigenvalue weighted by Gasteiger charge is -2.43. The Labute approximate surface area is 427 Å². The summed E-state index contributed by atoms with van der Waals surface area (Å²) in [5, 5.41) is 4.72. The molecule has 0 saturated carbocycles. The van der Waals surface area contributed by atoms with Crippen molar-refractivity contribution in [2.24, 2.45) is 0 Å². The third kappa shape index (κ3) is 5.90. The summed E-state index contributed by atoms with van der Waals surface area (Å²) < 4.78 is 5.04. The topological polar surface area (TPSA) is 87.2 Å². The summed E-state index contributed by atoms with van der Waals surface area (Å²) in [6.45, 7) is 9.51. The van der Waals surface area contributed by atoms with Gasteiger partial charge in [-0.1, -0.05) is 222 Å². The lowest BCUT2D eigenvalue weighted by Crippen LogP contribution is -2.34. The normalized spacial score (nSPS) is 13.9. The first-order chi connectivity index (χ1) is 36.3. The van der Waals surface area contributed by atoms with E-state index in [9.17, 15) is 0 Å². The molecule has 8 nitrogen and oxygen atoms in total. The van der Waals surface area contributed by atoms with Crippen molar-refractivity contribution in [3.05, 3.63) is 229 Å². The SMILES string of the molecule is CC1(C)c2c(-c3nc(-c4ccccc4)nc(-c4ccccc4)n3)c3c(c(-c4nc(-c5ccccc5)nc(-c5ccccc5)n4)c2-n2c4ccccc4c4cccc1c42)C(C)(C)c1cccc2c4ccccc4n-3c12. The highest BCUT2D eigenvalue weighted by atomic mass is 15.1. The average molecular weight is 951 g/mol. The highest BCUT2D eigenvalue weighted by Crippen LogP contribution is 2.60. The smallest absolute Gasteiger partial charge is 0.166 e. The van der Waals surface area contributed by atoms with Crippen LogP contribution in [0.5, 0.6) is 0 Å². The molecule has 0 amide bonds. The van der Waals surface area contributed by atoms with Crippen molar-refractivity contribution in [2.75, 3.05) is 0 Å². The van der Waals surface area contributed by atoms with Gasteiger partial charge in [0.05, 0.1) is 33.4 Å². The predicted molar refractivity (Wildman–Crippen MR) is 299 cm³/mol. The number of hydrogen-bond donors (Lipinski definition) is 0. The summed E-state index contributed by atoms with van der Waals surface area (Å²) in [6, 6.07) is 72.5. The fourth-order valence-corrected chi connectivity index (χ4v) is 12.4. The lowest BCUT2D eigenvalue weighted by atomic mass is 9.66. The fraction of sp³-hybridized carbons (Fsp3) is 0.0909. The van der Waals surface area contributed by atoms with Crippen LogP contribution in [0.1, 0.15) is 49.9 Å². The summed E-state index contributed by atoms with van der Waals surface area (Å²) in [4.78, 5) is 33.3. The highest BCUT2D eigenvalue weighted by Gasteiger charge is 2.48. The van der Waals surface area contributed by atoms with Gasteiger partial charge in [0.2, 0.25) is 0 Å². The van der Waals surface area contributed by atoms with Crippen LogP contribution in [-0.4, -0.2) is 39.0 Å². The van der Waals surface area contributed by atoms with Crippen LogP contribution in [0.15, 0.2) is 206 Å². The molecule has 13 aromatic rings. The van der Waals surface area contributed by atoms with Gasteiger partial charge in [-0.2, -0.15) is 0 Å². The van der Waals surface area contributed by atoms with Crippen LogP contribution < -0.4 is 0 Å². The van der Waals surface area contributed by atoms with E-state index < -0.39 is 10.8 Å². The largest absolute Gasteiger partial charge is 0.308 e. The Hall–Kier alpha value is -9.40. The number of rotatable bonds is 6. The summed E-state index contributed by atoms with van der Waals surface area (Å²) in [5.74, 6) is 3.56. The van der Waals surface area contributed by atoms with E-state index in [1.807, 2.05) is 72.8 Å². The monoisotopic (exact) mass is 950 g/mol. The number of hydrogen-bond acceptors (Lipinski definition) is 6. The van der Waals surface area contributed by atoms with Gasteiger partial charge >= 0.3 is 0 Å². The first-order valence-electron chi connectivity index (χ1n) is 25.3. The van der Waals surface area contributed by atoms with Gasteiger partial charge < -0.3 is 9.13 Å². The maximum absolute atomic E-state index is 5.69. The second kappa shape index (κ2) is 15.6. The fourth-order valence-electron chi connectivity index (χ4n) is 12.4. The Bertz CT molecular complexity index is 4060. The predicted octanol–water partition coefficient (Wildman–Crippen LogP) is 15.5. The summed E-state index contributed by atoms with van der Waals surface area (Å²) in [6.07, 6.45) is 0. The van der Waals surface area contributed by atoms with Gasteiger partial charge in [0, 0.05) is 76.9 Å². The van der Waals surface area contributed by atoms with Gasteiger partial charge in [-0.05, 0) is 23.3 Å². The molecule has 4 aromatic heterocycles. The second-order valence-electron chi connectivity index (χ2n) is 20.6. The molecule has 6 heterocycles.